The van der Waals surface area contributed by atoms with Crippen molar-refractivity contribution in [2.24, 2.45) is 0 Å². The van der Waals surface area contributed by atoms with Crippen LogP contribution in [-0.4, -0.2) is 4.70 Å². The summed E-state index contributed by atoms with van der Waals surface area (Å²) in [5, 5.41) is 0. The normalized spacial score (nSPS) is 12.4. The molecule has 1 heterocycles. The van der Waals surface area contributed by atoms with Crippen molar-refractivity contribution in [3.63, 3.8) is 0 Å². The SMILES string of the molecule is CCCCCc1cccc(C2=C(CCCC)C(CCCC)=C(c3cccc(CCCCC)c3)[N+]2=[N-])c1.[CH2-]C.[CH2-]C.[Ni+2]. The molecule has 0 amide bonds. The van der Waals surface area contributed by atoms with E-state index < -0.39 is 0 Å². The standard InChI is InChI=1S/C34H48N2.2C2H5.Ni/c1-5-9-13-17-27-19-15-21-29(25-27)33-31(23-11-7-3)32(24-12-8-4)34(36(33)35)30-22-16-20-28(26-30)18-14-10-6-2;2*1-2;/h15-16,19-22,25-26H,5-14,17-18,23-24H2,1-4H3;2*1H2,2H3;/q;2*-1;+2. The molecule has 0 saturated carbocycles. The van der Waals surface area contributed by atoms with E-state index in [0.29, 0.717) is 0 Å². The molecule has 2 aromatic carbocycles. The van der Waals surface area contributed by atoms with Crippen molar-refractivity contribution < 1.29 is 21.2 Å². The summed E-state index contributed by atoms with van der Waals surface area (Å²) < 4.78 is 1.55. The van der Waals surface area contributed by atoms with Gasteiger partial charge in [0.25, 0.3) is 0 Å². The summed E-state index contributed by atoms with van der Waals surface area (Å²) in [6.45, 7) is 19.0. The molecule has 0 radical (unpaired) electrons. The monoisotopic (exact) mass is 600 g/mol. The van der Waals surface area contributed by atoms with Gasteiger partial charge >= 0.3 is 16.5 Å². The number of rotatable bonds is 16. The van der Waals surface area contributed by atoms with Gasteiger partial charge in [-0.25, -0.2) is 4.70 Å². The molecule has 0 aromatic heterocycles. The van der Waals surface area contributed by atoms with E-state index in [9.17, 15) is 5.53 Å². The molecule has 41 heavy (non-hydrogen) atoms. The number of hydrogen-bond donors (Lipinski definition) is 0. The van der Waals surface area contributed by atoms with Crippen molar-refractivity contribution in [2.45, 2.75) is 131 Å². The molecule has 0 fully saturated rings. The van der Waals surface area contributed by atoms with Crippen molar-refractivity contribution in [2.75, 3.05) is 0 Å². The first kappa shape index (κ1) is 39.0. The summed E-state index contributed by atoms with van der Waals surface area (Å²) in [6.07, 6.45) is 16.3. The Hall–Kier alpha value is -1.99. The predicted octanol–water partition coefficient (Wildman–Crippen LogP) is 12.4. The van der Waals surface area contributed by atoms with Crippen molar-refractivity contribution in [3.05, 3.63) is 101 Å². The van der Waals surface area contributed by atoms with E-state index in [0.717, 1.165) is 73.9 Å². The molecule has 3 heteroatoms. The Morgan fingerprint density at radius 3 is 1.24 bits per heavy atom. The van der Waals surface area contributed by atoms with Crippen LogP contribution in [0.1, 0.15) is 141 Å². The number of nitrogens with zero attached hydrogens (tertiary/aromatic N) is 2. The molecule has 0 unspecified atom stereocenters. The molecule has 0 bridgehead atoms. The van der Waals surface area contributed by atoms with Crippen molar-refractivity contribution in [1.29, 1.82) is 0 Å². The van der Waals surface area contributed by atoms with E-state index in [4.69, 9.17) is 0 Å². The Morgan fingerprint density at radius 2 is 0.902 bits per heavy atom. The zero-order valence-corrected chi connectivity index (χ0v) is 28.1. The molecule has 0 saturated heterocycles. The third-order valence-electron chi connectivity index (χ3n) is 7.46. The van der Waals surface area contributed by atoms with Crippen molar-refractivity contribution in [3.8, 4) is 0 Å². The minimum atomic E-state index is 0. The van der Waals surface area contributed by atoms with Gasteiger partial charge in [-0.3, -0.25) is 0 Å². The molecule has 0 N–H and O–H groups in total. The Bertz CT molecular complexity index is 980. The van der Waals surface area contributed by atoms with Gasteiger partial charge in [-0.2, -0.15) is 13.8 Å². The molecule has 0 atom stereocenters. The van der Waals surface area contributed by atoms with Crippen LogP contribution in [0.15, 0.2) is 59.7 Å². The fraction of sp³-hybridized carbons (Fsp3) is 0.526. The van der Waals surface area contributed by atoms with Gasteiger partial charge in [0.2, 0.25) is 11.4 Å². The minimum Gasteiger partial charge on any atom is -0.493 e. The van der Waals surface area contributed by atoms with Gasteiger partial charge in [0.05, 0.1) is 0 Å². The molecule has 1 aliphatic rings. The molecule has 1 aliphatic heterocycles. The number of unbranched alkanes of at least 4 members (excludes halogenated alkanes) is 6. The average Bonchev–Trinajstić information content (AvgIpc) is 3.28. The fourth-order valence-electron chi connectivity index (χ4n) is 5.40. The van der Waals surface area contributed by atoms with E-state index in [1.54, 1.807) is 18.5 Å². The smallest absolute Gasteiger partial charge is 0.493 e. The zero-order valence-electron chi connectivity index (χ0n) is 27.1. The topological polar surface area (TPSA) is 25.3 Å². The number of hydrogen-bond acceptors (Lipinski definition) is 0. The van der Waals surface area contributed by atoms with Crippen LogP contribution in [-0.2, 0) is 29.3 Å². The van der Waals surface area contributed by atoms with Crippen LogP contribution in [0.3, 0.4) is 0 Å². The quantitative estimate of drug-likeness (QED) is 0.0792. The third-order valence-corrected chi connectivity index (χ3v) is 7.46. The second-order valence-corrected chi connectivity index (χ2v) is 10.5. The van der Waals surface area contributed by atoms with Crippen LogP contribution in [0.25, 0.3) is 16.9 Å². The maximum atomic E-state index is 11.8. The summed E-state index contributed by atoms with van der Waals surface area (Å²) >= 11 is 0. The maximum absolute atomic E-state index is 11.8. The first-order valence-corrected chi connectivity index (χ1v) is 16.2. The first-order valence-electron chi connectivity index (χ1n) is 16.2. The van der Waals surface area contributed by atoms with Crippen LogP contribution in [0, 0.1) is 13.8 Å². The largest absolute Gasteiger partial charge is 2.00 e. The van der Waals surface area contributed by atoms with Gasteiger partial charge in [0.15, 0.2) is 0 Å². The Balaban J connectivity index is 0.00000306. The Kier molecular flexibility index (Phi) is 22.4. The van der Waals surface area contributed by atoms with Gasteiger partial charge in [0.1, 0.15) is 0 Å². The molecule has 2 aromatic rings. The van der Waals surface area contributed by atoms with Crippen molar-refractivity contribution in [1.82, 2.24) is 0 Å². The van der Waals surface area contributed by atoms with Gasteiger partial charge in [-0.1, -0.05) is 90.5 Å². The summed E-state index contributed by atoms with van der Waals surface area (Å²) in [5.74, 6) is 0. The molecular weight excluding hydrogens is 543 g/mol. The van der Waals surface area contributed by atoms with Gasteiger partial charge in [-0.05, 0) is 86.8 Å². The molecule has 230 valence electrons. The van der Waals surface area contributed by atoms with Gasteiger partial charge < -0.3 is 19.4 Å². The average molecular weight is 602 g/mol. The van der Waals surface area contributed by atoms with E-state index >= 15 is 0 Å². The van der Waals surface area contributed by atoms with E-state index in [1.807, 2.05) is 0 Å². The summed E-state index contributed by atoms with van der Waals surface area (Å²) in [6, 6.07) is 17.9. The van der Waals surface area contributed by atoms with E-state index in [2.05, 4.69) is 90.1 Å². The van der Waals surface area contributed by atoms with E-state index in [1.165, 1.54) is 60.8 Å². The number of benzene rings is 2. The number of allylic oxidation sites excluding steroid dienone is 2. The summed E-state index contributed by atoms with van der Waals surface area (Å²) in [5.41, 5.74) is 21.6. The van der Waals surface area contributed by atoms with Crippen LogP contribution in [0.4, 0.5) is 0 Å². The van der Waals surface area contributed by atoms with Crippen molar-refractivity contribution >= 4 is 11.4 Å². The summed E-state index contributed by atoms with van der Waals surface area (Å²) in [7, 11) is 0. The maximum Gasteiger partial charge on any atom is 2.00 e. The van der Waals surface area contributed by atoms with Crippen LogP contribution in [0.2, 0.25) is 0 Å². The molecular formula is C38H58N2Ni. The Morgan fingerprint density at radius 1 is 0.537 bits per heavy atom. The van der Waals surface area contributed by atoms with Crippen LogP contribution >= 0.6 is 0 Å². The zero-order chi connectivity index (χ0) is 29.8. The first-order chi connectivity index (χ1) is 19.6. The van der Waals surface area contributed by atoms with Crippen LogP contribution < -0.4 is 0 Å². The predicted molar refractivity (Wildman–Crippen MR) is 178 cm³/mol. The van der Waals surface area contributed by atoms with Crippen LogP contribution in [0.5, 0.6) is 0 Å². The molecule has 0 spiro atoms. The van der Waals surface area contributed by atoms with Gasteiger partial charge in [-0.15, -0.1) is 0 Å². The van der Waals surface area contributed by atoms with Gasteiger partial charge in [0, 0.05) is 22.3 Å². The summed E-state index contributed by atoms with van der Waals surface area (Å²) in [4.78, 5) is 0. The number of aryl methyl sites for hydroxylation is 2. The minimum absolute atomic E-state index is 0. The third kappa shape index (κ3) is 12.0. The second-order valence-electron chi connectivity index (χ2n) is 10.5. The molecule has 2 nitrogen and oxygen atoms in total. The molecule has 3 rings (SSSR count). The second kappa shape index (κ2) is 23.6. The van der Waals surface area contributed by atoms with E-state index in [-0.39, 0.29) is 16.5 Å². The Labute approximate surface area is 264 Å². The molecule has 0 aliphatic carbocycles. The fourth-order valence-corrected chi connectivity index (χ4v) is 5.40.